The van der Waals surface area contributed by atoms with Gasteiger partial charge in [0.1, 0.15) is 5.82 Å². The summed E-state index contributed by atoms with van der Waals surface area (Å²) >= 11 is 0. The van der Waals surface area contributed by atoms with E-state index in [0.717, 1.165) is 11.1 Å². The summed E-state index contributed by atoms with van der Waals surface area (Å²) in [5, 5.41) is 16.3. The number of hydrogen-bond acceptors (Lipinski definition) is 7. The highest BCUT2D eigenvalue weighted by molar-refractivity contribution is 7.89. The van der Waals surface area contributed by atoms with Crippen LogP contribution in [0, 0.1) is 0 Å². The monoisotopic (exact) mass is 397 g/mol. The zero-order valence-corrected chi connectivity index (χ0v) is 15.6. The fraction of sp³-hybridized carbons (Fsp3) is 0.158. The first-order valence-corrected chi connectivity index (χ1v) is 10.2. The van der Waals surface area contributed by atoms with Crippen LogP contribution < -0.4 is 15.4 Å². The van der Waals surface area contributed by atoms with Gasteiger partial charge in [0, 0.05) is 25.0 Å². The van der Waals surface area contributed by atoms with Crippen LogP contribution in [-0.4, -0.2) is 30.0 Å². The Morgan fingerprint density at radius 2 is 1.96 bits per heavy atom. The van der Waals surface area contributed by atoms with Crippen molar-refractivity contribution in [2.75, 3.05) is 17.2 Å². The molecule has 28 heavy (non-hydrogen) atoms. The van der Waals surface area contributed by atoms with E-state index in [1.54, 1.807) is 30.5 Å². The lowest BCUT2D eigenvalue weighted by Crippen LogP contribution is -2.14. The Morgan fingerprint density at radius 3 is 2.79 bits per heavy atom. The normalized spacial score (nSPS) is 15.6. The summed E-state index contributed by atoms with van der Waals surface area (Å²) < 4.78 is 26.4. The highest BCUT2D eigenvalue weighted by Crippen LogP contribution is 2.26. The third-order valence-electron chi connectivity index (χ3n) is 4.38. The molecule has 8 nitrogen and oxygen atoms in total. The number of aromatic nitrogens is 2. The van der Waals surface area contributed by atoms with Gasteiger partial charge in [-0.25, -0.2) is 18.1 Å². The van der Waals surface area contributed by atoms with Crippen LogP contribution in [0.2, 0.25) is 0 Å². The summed E-state index contributed by atoms with van der Waals surface area (Å²) in [6, 6.07) is 16.2. The van der Waals surface area contributed by atoms with Crippen LogP contribution >= 0.6 is 0 Å². The molecule has 9 heteroatoms. The lowest BCUT2D eigenvalue weighted by molar-refractivity contribution is 0.191. The van der Waals surface area contributed by atoms with Gasteiger partial charge in [-0.15, -0.1) is 0 Å². The van der Waals surface area contributed by atoms with E-state index in [0.29, 0.717) is 30.5 Å². The van der Waals surface area contributed by atoms with Gasteiger partial charge in [0.15, 0.2) is 0 Å². The zero-order chi connectivity index (χ0) is 19.6. The van der Waals surface area contributed by atoms with E-state index in [4.69, 9.17) is 0 Å². The maximum Gasteiger partial charge on any atom is 0.241 e. The fourth-order valence-corrected chi connectivity index (χ4v) is 4.19. The van der Waals surface area contributed by atoms with Crippen molar-refractivity contribution >= 4 is 27.5 Å². The molecule has 0 amide bonds. The molecule has 1 aromatic heterocycles. The first-order valence-electron chi connectivity index (χ1n) is 8.71. The van der Waals surface area contributed by atoms with Crippen molar-refractivity contribution in [3.8, 4) is 0 Å². The number of rotatable bonds is 6. The van der Waals surface area contributed by atoms with Gasteiger partial charge in [0.25, 0.3) is 0 Å². The van der Waals surface area contributed by atoms with Gasteiger partial charge >= 0.3 is 0 Å². The molecule has 0 saturated carbocycles. The molecular formula is C19H19N5O3S. The molecule has 0 unspecified atom stereocenters. The molecular weight excluding hydrogens is 378 g/mol. The number of fused-ring (bicyclic) bond motifs is 1. The largest absolute Gasteiger partial charge is 0.387 e. The second kappa shape index (κ2) is 7.55. The molecule has 0 aliphatic carbocycles. The van der Waals surface area contributed by atoms with Gasteiger partial charge in [-0.2, -0.15) is 4.98 Å². The molecule has 2 heterocycles. The molecule has 4 N–H and O–H groups in total. The van der Waals surface area contributed by atoms with Crippen molar-refractivity contribution in [1.29, 1.82) is 0 Å². The number of aliphatic hydroxyl groups excluding tert-OH is 1. The van der Waals surface area contributed by atoms with Crippen LogP contribution in [0.15, 0.2) is 65.7 Å². The van der Waals surface area contributed by atoms with Crippen molar-refractivity contribution in [1.82, 2.24) is 14.7 Å². The summed E-state index contributed by atoms with van der Waals surface area (Å²) in [5.74, 6) is 0.866. The number of hydrogen-bond donors (Lipinski definition) is 4. The highest BCUT2D eigenvalue weighted by Gasteiger charge is 2.25. The van der Waals surface area contributed by atoms with Crippen molar-refractivity contribution in [2.45, 2.75) is 17.5 Å². The minimum absolute atomic E-state index is 0.262. The van der Waals surface area contributed by atoms with E-state index >= 15 is 0 Å². The molecule has 0 fully saturated rings. The molecule has 4 rings (SSSR count). The van der Waals surface area contributed by atoms with Gasteiger partial charge in [-0.05, 0) is 29.3 Å². The smallest absolute Gasteiger partial charge is 0.241 e. The number of anilines is 3. The molecule has 0 saturated heterocycles. The number of aliphatic hydroxyl groups is 1. The van der Waals surface area contributed by atoms with Crippen molar-refractivity contribution < 1.29 is 13.5 Å². The Kier molecular flexibility index (Phi) is 4.95. The number of sulfonamides is 1. The third-order valence-corrected chi connectivity index (χ3v) is 5.87. The zero-order valence-electron chi connectivity index (χ0n) is 14.8. The number of nitrogens with zero attached hydrogens (tertiary/aromatic N) is 2. The summed E-state index contributed by atoms with van der Waals surface area (Å²) in [6.45, 7) is 0.598. The molecule has 0 radical (unpaired) electrons. The lowest BCUT2D eigenvalue weighted by Gasteiger charge is -2.13. The Hall–Kier alpha value is -3.01. The van der Waals surface area contributed by atoms with Crippen LogP contribution in [0.1, 0.15) is 17.2 Å². The summed E-state index contributed by atoms with van der Waals surface area (Å²) in [7, 11) is -3.44. The van der Waals surface area contributed by atoms with Gasteiger partial charge in [-0.1, -0.05) is 36.4 Å². The van der Waals surface area contributed by atoms with Gasteiger partial charge in [-0.3, -0.25) is 0 Å². The van der Waals surface area contributed by atoms with Crippen LogP contribution in [0.25, 0.3) is 0 Å². The van der Waals surface area contributed by atoms with Gasteiger partial charge < -0.3 is 15.7 Å². The van der Waals surface area contributed by atoms with E-state index in [-0.39, 0.29) is 4.90 Å². The molecule has 1 aliphatic rings. The van der Waals surface area contributed by atoms with E-state index in [1.165, 1.54) is 0 Å². The van der Waals surface area contributed by atoms with Crippen LogP contribution in [0.4, 0.5) is 17.5 Å². The molecule has 1 aliphatic heterocycles. The number of nitrogens with one attached hydrogen (secondary N) is 3. The van der Waals surface area contributed by atoms with Crippen LogP contribution in [-0.2, 0) is 16.6 Å². The third kappa shape index (κ3) is 3.96. The highest BCUT2D eigenvalue weighted by atomic mass is 32.2. The Morgan fingerprint density at radius 1 is 1.14 bits per heavy atom. The molecule has 0 bridgehead atoms. The topological polar surface area (TPSA) is 116 Å². The van der Waals surface area contributed by atoms with E-state index in [1.807, 2.05) is 30.3 Å². The summed E-state index contributed by atoms with van der Waals surface area (Å²) in [4.78, 5) is 8.78. The maximum absolute atomic E-state index is 12.0. The lowest BCUT2D eigenvalue weighted by atomic mass is 10.1. The molecule has 144 valence electrons. The second-order valence-electron chi connectivity index (χ2n) is 6.34. The van der Waals surface area contributed by atoms with Crippen molar-refractivity contribution in [3.05, 3.63) is 71.9 Å². The van der Waals surface area contributed by atoms with Crippen LogP contribution in [0.3, 0.4) is 0 Å². The first kappa shape index (κ1) is 18.4. The minimum atomic E-state index is -3.44. The average Bonchev–Trinajstić information content (AvgIpc) is 3.01. The average molecular weight is 397 g/mol. The van der Waals surface area contributed by atoms with Crippen molar-refractivity contribution in [3.63, 3.8) is 0 Å². The molecule has 3 aromatic rings. The molecule has 0 spiro atoms. The Balaban J connectivity index is 1.45. The van der Waals surface area contributed by atoms with Crippen molar-refractivity contribution in [2.24, 2.45) is 0 Å². The predicted molar refractivity (Wildman–Crippen MR) is 106 cm³/mol. The van der Waals surface area contributed by atoms with E-state index in [2.05, 4.69) is 25.3 Å². The Bertz CT molecular complexity index is 1090. The maximum atomic E-state index is 12.0. The molecule has 1 atom stereocenters. The summed E-state index contributed by atoms with van der Waals surface area (Å²) in [6.07, 6.45) is 0.917. The van der Waals surface area contributed by atoms with Crippen LogP contribution in [0.5, 0.6) is 0 Å². The predicted octanol–water partition coefficient (Wildman–Crippen LogP) is 2.16. The number of benzene rings is 2. The quantitative estimate of drug-likeness (QED) is 0.504. The Labute approximate surface area is 162 Å². The standard InChI is InChI=1S/C19H19N5O3S/c25-16(13-4-2-1-3-5-13)12-21-18-8-9-20-19(24-18)23-15-7-6-14-11-22-28(26,27)17(14)10-15/h1-10,16,22,25H,11-12H2,(H2,20,21,23,24)/t16-/m1/s1. The van der Waals surface area contributed by atoms with E-state index < -0.39 is 16.1 Å². The summed E-state index contributed by atoms with van der Waals surface area (Å²) in [5.41, 5.74) is 2.12. The second-order valence-corrected chi connectivity index (χ2v) is 8.08. The molecule has 2 aromatic carbocycles. The minimum Gasteiger partial charge on any atom is -0.387 e. The fourth-order valence-electron chi connectivity index (χ4n) is 2.92. The first-order chi connectivity index (χ1) is 13.5. The van der Waals surface area contributed by atoms with E-state index in [9.17, 15) is 13.5 Å². The van der Waals surface area contributed by atoms with Gasteiger partial charge in [0.05, 0.1) is 11.0 Å². The SMILES string of the molecule is O=S1(=O)NCc2ccc(Nc3nccc(NC[C@@H](O)c4ccccc4)n3)cc21. The van der Waals surface area contributed by atoms with Gasteiger partial charge in [0.2, 0.25) is 16.0 Å².